The third-order valence-corrected chi connectivity index (χ3v) is 3.82. The van der Waals surface area contributed by atoms with Gasteiger partial charge >= 0.3 is 0 Å². The van der Waals surface area contributed by atoms with Crippen LogP contribution in [0.3, 0.4) is 0 Å². The molecule has 0 aliphatic carbocycles. The Bertz CT molecular complexity index is 940. The summed E-state index contributed by atoms with van der Waals surface area (Å²) in [5, 5.41) is 6.54. The van der Waals surface area contributed by atoms with E-state index in [0.29, 0.717) is 11.3 Å². The molecule has 0 radical (unpaired) electrons. The molecule has 0 aromatic heterocycles. The zero-order chi connectivity index (χ0) is 13.0. The fourth-order valence-corrected chi connectivity index (χ4v) is 3.00. The lowest BCUT2D eigenvalue weighted by atomic mass is 9.91. The van der Waals surface area contributed by atoms with E-state index in [4.69, 9.17) is 5.73 Å². The zero-order valence-electron chi connectivity index (χ0n) is 10.2. The van der Waals surface area contributed by atoms with Crippen molar-refractivity contribution < 1.29 is 4.79 Å². The van der Waals surface area contributed by atoms with Gasteiger partial charge in [0, 0.05) is 22.0 Å². The van der Waals surface area contributed by atoms with Gasteiger partial charge < -0.3 is 5.73 Å². The highest BCUT2D eigenvalue weighted by Crippen LogP contribution is 2.38. The third-order valence-electron chi connectivity index (χ3n) is 3.82. The van der Waals surface area contributed by atoms with Gasteiger partial charge in [0.05, 0.1) is 0 Å². The molecule has 2 N–H and O–H groups in total. The second-order valence-corrected chi connectivity index (χ2v) is 4.86. The van der Waals surface area contributed by atoms with Crippen molar-refractivity contribution in [2.24, 2.45) is 0 Å². The van der Waals surface area contributed by atoms with Crippen molar-refractivity contribution >= 4 is 44.3 Å². The fraction of sp³-hybridized carbons (Fsp3) is 0. The van der Waals surface area contributed by atoms with Crippen LogP contribution in [0.2, 0.25) is 0 Å². The summed E-state index contributed by atoms with van der Waals surface area (Å²) in [6.07, 6.45) is 0.889. The molecule has 0 amide bonds. The molecule has 19 heavy (non-hydrogen) atoms. The Hall–Kier alpha value is -2.61. The minimum absolute atomic E-state index is 0.660. The summed E-state index contributed by atoms with van der Waals surface area (Å²) in [6, 6.07) is 16.1. The van der Waals surface area contributed by atoms with Crippen molar-refractivity contribution in [3.05, 3.63) is 54.1 Å². The maximum atomic E-state index is 11.4. The quantitative estimate of drug-likeness (QED) is 0.313. The molecule has 0 saturated heterocycles. The predicted octanol–water partition coefficient (Wildman–Crippen LogP) is 3.98. The van der Waals surface area contributed by atoms with Crippen LogP contribution in [0, 0.1) is 0 Å². The molecule has 2 nitrogen and oxygen atoms in total. The molecule has 0 saturated carbocycles. The Morgan fingerprint density at radius 3 is 2.26 bits per heavy atom. The number of benzene rings is 4. The number of anilines is 1. The summed E-state index contributed by atoms with van der Waals surface area (Å²) in [4.78, 5) is 11.4. The molecule has 4 rings (SSSR count). The second kappa shape index (κ2) is 3.45. The summed E-state index contributed by atoms with van der Waals surface area (Å²) < 4.78 is 0. The van der Waals surface area contributed by atoms with E-state index in [1.54, 1.807) is 0 Å². The smallest absolute Gasteiger partial charge is 0.150 e. The topological polar surface area (TPSA) is 43.1 Å². The maximum absolute atomic E-state index is 11.4. The first-order chi connectivity index (χ1) is 9.29. The summed E-state index contributed by atoms with van der Waals surface area (Å²) >= 11 is 0. The Morgan fingerprint density at radius 2 is 1.47 bits per heavy atom. The van der Waals surface area contributed by atoms with Gasteiger partial charge in [-0.2, -0.15) is 0 Å². The van der Waals surface area contributed by atoms with Crippen LogP contribution in [0.1, 0.15) is 10.4 Å². The largest absolute Gasteiger partial charge is 0.398 e. The summed E-state index contributed by atoms with van der Waals surface area (Å²) in [7, 11) is 0. The number of nitrogens with two attached hydrogens (primary N) is 1. The highest BCUT2D eigenvalue weighted by atomic mass is 16.1. The molecule has 90 valence electrons. The number of hydrogen-bond acceptors (Lipinski definition) is 2. The lowest BCUT2D eigenvalue weighted by Gasteiger charge is -2.13. The summed E-state index contributed by atoms with van der Waals surface area (Å²) in [6.45, 7) is 0. The fourth-order valence-electron chi connectivity index (χ4n) is 3.00. The minimum atomic E-state index is 0.660. The molecular formula is C17H11NO. The van der Waals surface area contributed by atoms with Crippen LogP contribution in [-0.2, 0) is 0 Å². The van der Waals surface area contributed by atoms with Crippen LogP contribution in [0.15, 0.2) is 48.5 Å². The number of aldehydes is 1. The first-order valence-corrected chi connectivity index (χ1v) is 6.21. The highest BCUT2D eigenvalue weighted by Gasteiger charge is 2.13. The third kappa shape index (κ3) is 1.23. The van der Waals surface area contributed by atoms with E-state index in [0.717, 1.165) is 27.8 Å². The van der Waals surface area contributed by atoms with E-state index >= 15 is 0 Å². The van der Waals surface area contributed by atoms with E-state index in [9.17, 15) is 4.79 Å². The van der Waals surface area contributed by atoms with Gasteiger partial charge in [-0.3, -0.25) is 4.79 Å². The average molecular weight is 245 g/mol. The lowest BCUT2D eigenvalue weighted by molar-refractivity contribution is 0.112. The van der Waals surface area contributed by atoms with Crippen LogP contribution in [0.25, 0.3) is 32.3 Å². The number of nitrogen functional groups attached to an aromatic ring is 1. The number of carbonyl (C=O) groups is 1. The monoisotopic (exact) mass is 245 g/mol. The average Bonchev–Trinajstić information content (AvgIpc) is 2.46. The molecule has 0 aliphatic heterocycles. The van der Waals surface area contributed by atoms with Gasteiger partial charge in [-0.25, -0.2) is 0 Å². The normalized spacial score (nSPS) is 11.6. The number of rotatable bonds is 1. The van der Waals surface area contributed by atoms with Gasteiger partial charge in [0.2, 0.25) is 0 Å². The molecule has 4 aromatic carbocycles. The predicted molar refractivity (Wildman–Crippen MR) is 79.9 cm³/mol. The van der Waals surface area contributed by atoms with Crippen molar-refractivity contribution in [3.8, 4) is 0 Å². The molecule has 0 bridgehead atoms. The molecule has 0 unspecified atom stereocenters. The first kappa shape index (κ1) is 10.3. The molecular weight excluding hydrogens is 234 g/mol. The van der Waals surface area contributed by atoms with Gasteiger partial charge in [-0.05, 0) is 33.7 Å². The van der Waals surface area contributed by atoms with E-state index in [-0.39, 0.29) is 0 Å². The highest BCUT2D eigenvalue weighted by molar-refractivity contribution is 6.28. The van der Waals surface area contributed by atoms with Crippen LogP contribution < -0.4 is 5.73 Å². The molecule has 0 aliphatic rings. The van der Waals surface area contributed by atoms with Crippen LogP contribution in [-0.4, -0.2) is 6.29 Å². The van der Waals surface area contributed by atoms with Crippen molar-refractivity contribution in [2.75, 3.05) is 5.73 Å². The van der Waals surface area contributed by atoms with Crippen LogP contribution in [0.5, 0.6) is 0 Å². The maximum Gasteiger partial charge on any atom is 0.150 e. The first-order valence-electron chi connectivity index (χ1n) is 6.21. The molecule has 0 spiro atoms. The van der Waals surface area contributed by atoms with Gasteiger partial charge in [0.15, 0.2) is 6.29 Å². The van der Waals surface area contributed by atoms with Gasteiger partial charge in [-0.15, -0.1) is 0 Å². The van der Waals surface area contributed by atoms with E-state index in [1.165, 1.54) is 10.8 Å². The molecule has 0 fully saturated rings. The van der Waals surface area contributed by atoms with Gasteiger partial charge in [-0.1, -0.05) is 36.4 Å². The number of hydrogen-bond donors (Lipinski definition) is 1. The van der Waals surface area contributed by atoms with Gasteiger partial charge in [0.1, 0.15) is 0 Å². The molecule has 4 aromatic rings. The zero-order valence-corrected chi connectivity index (χ0v) is 10.2. The minimum Gasteiger partial charge on any atom is -0.398 e. The lowest BCUT2D eigenvalue weighted by Crippen LogP contribution is -1.94. The Kier molecular flexibility index (Phi) is 1.88. The Balaban J connectivity index is 2.48. The standard InChI is InChI=1S/C17H11NO/c18-14-7-6-11-5-4-10-2-1-3-12-8-13(9-19)16(14)17(11)15(10)12/h1-9H,18H2. The molecule has 2 heteroatoms. The van der Waals surface area contributed by atoms with E-state index in [2.05, 4.69) is 18.2 Å². The van der Waals surface area contributed by atoms with Crippen molar-refractivity contribution in [1.29, 1.82) is 0 Å². The SMILES string of the molecule is Nc1ccc2ccc3cccc4cc(C=O)c1c2c34. The van der Waals surface area contributed by atoms with E-state index < -0.39 is 0 Å². The number of carbonyl (C=O) groups excluding carboxylic acids is 1. The van der Waals surface area contributed by atoms with Gasteiger partial charge in [0.25, 0.3) is 0 Å². The Morgan fingerprint density at radius 1 is 0.789 bits per heavy atom. The Labute approximate surface area is 109 Å². The van der Waals surface area contributed by atoms with Crippen molar-refractivity contribution in [3.63, 3.8) is 0 Å². The summed E-state index contributed by atoms with van der Waals surface area (Å²) in [5.41, 5.74) is 7.41. The molecule has 0 heterocycles. The van der Waals surface area contributed by atoms with Crippen molar-refractivity contribution in [1.82, 2.24) is 0 Å². The van der Waals surface area contributed by atoms with Crippen molar-refractivity contribution in [2.45, 2.75) is 0 Å². The van der Waals surface area contributed by atoms with Crippen LogP contribution >= 0.6 is 0 Å². The van der Waals surface area contributed by atoms with E-state index in [1.807, 2.05) is 30.3 Å². The summed E-state index contributed by atoms with van der Waals surface area (Å²) in [5.74, 6) is 0. The van der Waals surface area contributed by atoms with Crippen LogP contribution in [0.4, 0.5) is 5.69 Å². The molecule has 0 atom stereocenters. The second-order valence-electron chi connectivity index (χ2n) is 4.86.